The zero-order valence-electron chi connectivity index (χ0n) is 15.3. The fourth-order valence-corrected chi connectivity index (χ4v) is 2.99. The molecule has 7 nitrogen and oxygen atoms in total. The van der Waals surface area contributed by atoms with Gasteiger partial charge in [0.1, 0.15) is 5.82 Å². The molecule has 3 rings (SSSR count). The lowest BCUT2D eigenvalue weighted by atomic mass is 10.1. The molecule has 0 spiro atoms. The second kappa shape index (κ2) is 8.51. The number of halogens is 1. The van der Waals surface area contributed by atoms with Crippen molar-refractivity contribution in [3.05, 3.63) is 59.9 Å². The van der Waals surface area contributed by atoms with E-state index in [2.05, 4.69) is 15.4 Å². The molecule has 0 saturated carbocycles. The quantitative estimate of drug-likeness (QED) is 0.828. The standard InChI is InChI=1S/C20H20FN3O4/c1-28-20(27)23-15-8-6-13(7-9-15)11-22-19(26)14-10-18(25)24(12-14)17-5-3-2-4-16(17)21/h2-9,14H,10-12H2,1H3,(H,22,26)(H,23,27). The van der Waals surface area contributed by atoms with Crippen LogP contribution in [0.1, 0.15) is 12.0 Å². The lowest BCUT2D eigenvalue weighted by Gasteiger charge is -2.17. The van der Waals surface area contributed by atoms with Crippen LogP contribution >= 0.6 is 0 Å². The van der Waals surface area contributed by atoms with E-state index < -0.39 is 17.8 Å². The van der Waals surface area contributed by atoms with E-state index in [9.17, 15) is 18.8 Å². The van der Waals surface area contributed by atoms with Crippen LogP contribution in [0.5, 0.6) is 0 Å². The molecule has 1 unspecified atom stereocenters. The van der Waals surface area contributed by atoms with E-state index >= 15 is 0 Å². The number of amides is 3. The smallest absolute Gasteiger partial charge is 0.411 e. The Morgan fingerprint density at radius 2 is 1.89 bits per heavy atom. The number of hydrogen-bond acceptors (Lipinski definition) is 4. The van der Waals surface area contributed by atoms with Crippen LogP contribution in [0.25, 0.3) is 0 Å². The van der Waals surface area contributed by atoms with Crippen molar-refractivity contribution in [3.8, 4) is 0 Å². The zero-order valence-corrected chi connectivity index (χ0v) is 15.3. The summed E-state index contributed by atoms with van der Waals surface area (Å²) in [5.41, 5.74) is 1.60. The molecule has 0 bridgehead atoms. The van der Waals surface area contributed by atoms with E-state index in [1.807, 2.05) is 0 Å². The molecule has 0 aromatic heterocycles. The second-order valence-corrected chi connectivity index (χ2v) is 6.39. The maximum Gasteiger partial charge on any atom is 0.411 e. The van der Waals surface area contributed by atoms with Crippen molar-refractivity contribution in [3.63, 3.8) is 0 Å². The molecule has 0 aliphatic carbocycles. The fourth-order valence-electron chi connectivity index (χ4n) is 2.99. The molecule has 8 heteroatoms. The maximum atomic E-state index is 13.9. The van der Waals surface area contributed by atoms with E-state index in [-0.39, 0.29) is 37.0 Å². The number of benzene rings is 2. The summed E-state index contributed by atoms with van der Waals surface area (Å²) < 4.78 is 18.4. The highest BCUT2D eigenvalue weighted by atomic mass is 19.1. The molecule has 1 aliphatic heterocycles. The number of rotatable bonds is 5. The van der Waals surface area contributed by atoms with Gasteiger partial charge in [0, 0.05) is 25.2 Å². The second-order valence-electron chi connectivity index (χ2n) is 6.39. The van der Waals surface area contributed by atoms with Crippen LogP contribution in [-0.2, 0) is 20.9 Å². The van der Waals surface area contributed by atoms with Gasteiger partial charge in [-0.1, -0.05) is 24.3 Å². The molecular formula is C20H20FN3O4. The van der Waals surface area contributed by atoms with Gasteiger partial charge in [-0.05, 0) is 29.8 Å². The average molecular weight is 385 g/mol. The van der Waals surface area contributed by atoms with Gasteiger partial charge < -0.3 is 15.0 Å². The largest absolute Gasteiger partial charge is 0.453 e. The zero-order chi connectivity index (χ0) is 20.1. The van der Waals surface area contributed by atoms with E-state index in [1.54, 1.807) is 36.4 Å². The Morgan fingerprint density at radius 1 is 1.18 bits per heavy atom. The molecular weight excluding hydrogens is 365 g/mol. The van der Waals surface area contributed by atoms with Crippen molar-refractivity contribution in [2.45, 2.75) is 13.0 Å². The molecule has 146 valence electrons. The number of nitrogens with zero attached hydrogens (tertiary/aromatic N) is 1. The summed E-state index contributed by atoms with van der Waals surface area (Å²) in [4.78, 5) is 37.1. The van der Waals surface area contributed by atoms with Crippen molar-refractivity contribution in [2.75, 3.05) is 23.9 Å². The van der Waals surface area contributed by atoms with Gasteiger partial charge in [-0.3, -0.25) is 14.9 Å². The molecule has 2 N–H and O–H groups in total. The van der Waals surface area contributed by atoms with Crippen molar-refractivity contribution in [1.29, 1.82) is 0 Å². The van der Waals surface area contributed by atoms with Gasteiger partial charge in [0.15, 0.2) is 0 Å². The molecule has 28 heavy (non-hydrogen) atoms. The van der Waals surface area contributed by atoms with Crippen LogP contribution in [0.2, 0.25) is 0 Å². The highest BCUT2D eigenvalue weighted by Crippen LogP contribution is 2.27. The Hall–Kier alpha value is -3.42. The van der Waals surface area contributed by atoms with Gasteiger partial charge in [0.25, 0.3) is 0 Å². The van der Waals surface area contributed by atoms with E-state index in [1.165, 1.54) is 24.1 Å². The molecule has 1 fully saturated rings. The number of anilines is 2. The summed E-state index contributed by atoms with van der Waals surface area (Å²) in [7, 11) is 1.28. The molecule has 1 heterocycles. The van der Waals surface area contributed by atoms with Crippen molar-refractivity contribution >= 4 is 29.3 Å². The molecule has 0 radical (unpaired) electrons. The molecule has 1 saturated heterocycles. The number of ether oxygens (including phenoxy) is 1. The van der Waals surface area contributed by atoms with Crippen LogP contribution in [0.3, 0.4) is 0 Å². The first-order chi connectivity index (χ1) is 13.5. The van der Waals surface area contributed by atoms with E-state index in [0.717, 1.165) is 5.56 Å². The first kappa shape index (κ1) is 19.3. The Bertz CT molecular complexity index is 885. The third kappa shape index (κ3) is 4.46. The number of carbonyl (C=O) groups excluding carboxylic acids is 3. The third-order valence-electron chi connectivity index (χ3n) is 4.49. The van der Waals surface area contributed by atoms with Gasteiger partial charge in [0.2, 0.25) is 11.8 Å². The van der Waals surface area contributed by atoms with Crippen LogP contribution in [0, 0.1) is 11.7 Å². The highest BCUT2D eigenvalue weighted by Gasteiger charge is 2.35. The summed E-state index contributed by atoms with van der Waals surface area (Å²) >= 11 is 0. The monoisotopic (exact) mass is 385 g/mol. The fraction of sp³-hybridized carbons (Fsp3) is 0.250. The first-order valence-corrected chi connectivity index (χ1v) is 8.74. The summed E-state index contributed by atoms with van der Waals surface area (Å²) in [6.07, 6.45) is -0.520. The van der Waals surface area contributed by atoms with Crippen molar-refractivity contribution in [2.24, 2.45) is 5.92 Å². The predicted molar refractivity (Wildman–Crippen MR) is 101 cm³/mol. The van der Waals surface area contributed by atoms with Crippen molar-refractivity contribution in [1.82, 2.24) is 5.32 Å². The number of para-hydroxylation sites is 1. The van der Waals surface area contributed by atoms with Crippen LogP contribution in [0.15, 0.2) is 48.5 Å². The maximum absolute atomic E-state index is 13.9. The van der Waals surface area contributed by atoms with Gasteiger partial charge >= 0.3 is 6.09 Å². The normalized spacial score (nSPS) is 16.0. The van der Waals surface area contributed by atoms with Crippen LogP contribution in [-0.4, -0.2) is 31.6 Å². The van der Waals surface area contributed by atoms with Gasteiger partial charge in [-0.15, -0.1) is 0 Å². The minimum atomic E-state index is -0.564. The number of methoxy groups -OCH3 is 1. The van der Waals surface area contributed by atoms with E-state index in [4.69, 9.17) is 0 Å². The lowest BCUT2D eigenvalue weighted by Crippen LogP contribution is -2.32. The summed E-state index contributed by atoms with van der Waals surface area (Å²) in [6, 6.07) is 12.9. The summed E-state index contributed by atoms with van der Waals surface area (Å²) in [6.45, 7) is 0.426. The number of nitrogens with one attached hydrogen (secondary N) is 2. The Balaban J connectivity index is 1.55. The van der Waals surface area contributed by atoms with Gasteiger partial charge in [0.05, 0.1) is 18.7 Å². The average Bonchev–Trinajstić information content (AvgIpc) is 3.09. The van der Waals surface area contributed by atoms with E-state index in [0.29, 0.717) is 5.69 Å². The lowest BCUT2D eigenvalue weighted by molar-refractivity contribution is -0.126. The highest BCUT2D eigenvalue weighted by molar-refractivity contribution is 6.00. The molecule has 2 aromatic rings. The predicted octanol–water partition coefficient (Wildman–Crippen LogP) is 2.67. The minimum absolute atomic E-state index is 0.0438. The number of hydrogen-bond donors (Lipinski definition) is 2. The Morgan fingerprint density at radius 3 is 2.57 bits per heavy atom. The van der Waals surface area contributed by atoms with Crippen LogP contribution < -0.4 is 15.5 Å². The third-order valence-corrected chi connectivity index (χ3v) is 4.49. The summed E-state index contributed by atoms with van der Waals surface area (Å²) in [5.74, 6) is -1.56. The SMILES string of the molecule is COC(=O)Nc1ccc(CNC(=O)C2CC(=O)N(c3ccccc3F)C2)cc1. The van der Waals surface area contributed by atoms with Crippen LogP contribution in [0.4, 0.5) is 20.6 Å². The van der Waals surface area contributed by atoms with Gasteiger partial charge in [-0.25, -0.2) is 9.18 Å². The minimum Gasteiger partial charge on any atom is -0.453 e. The molecule has 1 aliphatic rings. The first-order valence-electron chi connectivity index (χ1n) is 8.74. The van der Waals surface area contributed by atoms with Gasteiger partial charge in [-0.2, -0.15) is 0 Å². The topological polar surface area (TPSA) is 87.7 Å². The summed E-state index contributed by atoms with van der Waals surface area (Å²) in [5, 5.41) is 5.33. The molecule has 3 amide bonds. The Kier molecular flexibility index (Phi) is 5.88. The molecule has 2 aromatic carbocycles. The molecule has 1 atom stereocenters. The van der Waals surface area contributed by atoms with Crippen molar-refractivity contribution < 1.29 is 23.5 Å². The number of carbonyl (C=O) groups is 3. The Labute approximate surface area is 161 Å².